The predicted molar refractivity (Wildman–Crippen MR) is 78.5 cm³/mol. The van der Waals surface area contributed by atoms with Crippen molar-refractivity contribution in [1.29, 1.82) is 0 Å². The second-order valence-electron chi connectivity index (χ2n) is 4.13. The Morgan fingerprint density at radius 1 is 1.36 bits per heavy atom. The minimum atomic E-state index is -0.554. The number of esters is 1. The second-order valence-corrected chi connectivity index (χ2v) is 4.13. The number of rotatable bonds is 5. The Balaban J connectivity index is 2.30. The molecule has 7 nitrogen and oxygen atoms in total. The molecule has 0 bridgehead atoms. The quantitative estimate of drug-likeness (QED) is 0.365. The molecular weight excluding hydrogens is 288 g/mol. The molecule has 0 fully saturated rings. The monoisotopic (exact) mass is 300 g/mol. The molecule has 2 rings (SSSR count). The Morgan fingerprint density at radius 2 is 2.18 bits per heavy atom. The first kappa shape index (κ1) is 15.2. The first-order valence-electron chi connectivity index (χ1n) is 6.22. The van der Waals surface area contributed by atoms with Gasteiger partial charge in [-0.15, -0.1) is 0 Å². The van der Waals surface area contributed by atoms with Crippen LogP contribution in [0.5, 0.6) is 11.5 Å². The maximum atomic E-state index is 11.2. The molecule has 0 amide bonds. The average molecular weight is 300 g/mol. The molecule has 112 valence electrons. The number of carbonyl (C=O) groups is 1. The summed E-state index contributed by atoms with van der Waals surface area (Å²) in [6.45, 7) is 0. The number of hydrogen-bond donors (Lipinski definition) is 0. The van der Waals surface area contributed by atoms with Gasteiger partial charge in [0.2, 0.25) is 5.75 Å². The Bertz CT molecular complexity index is 713. The first-order valence-corrected chi connectivity index (χ1v) is 6.22. The number of aromatic nitrogens is 1. The van der Waals surface area contributed by atoms with Gasteiger partial charge >= 0.3 is 11.7 Å². The molecule has 7 heteroatoms. The summed E-state index contributed by atoms with van der Waals surface area (Å²) < 4.78 is 9.91. The van der Waals surface area contributed by atoms with E-state index in [1.54, 1.807) is 24.4 Å². The lowest BCUT2D eigenvalue weighted by atomic mass is 10.1. The molecule has 0 aliphatic heterocycles. The van der Waals surface area contributed by atoms with Gasteiger partial charge in [0.15, 0.2) is 0 Å². The van der Waals surface area contributed by atoms with Crippen molar-refractivity contribution in [1.82, 2.24) is 4.98 Å². The lowest BCUT2D eigenvalue weighted by Gasteiger charge is -2.06. The summed E-state index contributed by atoms with van der Waals surface area (Å²) in [7, 11) is 1.25. The van der Waals surface area contributed by atoms with E-state index in [9.17, 15) is 14.9 Å². The van der Waals surface area contributed by atoms with E-state index in [-0.39, 0.29) is 11.4 Å². The highest BCUT2D eigenvalue weighted by atomic mass is 16.6. The summed E-state index contributed by atoms with van der Waals surface area (Å²) >= 11 is 0. The fourth-order valence-electron chi connectivity index (χ4n) is 1.63. The van der Waals surface area contributed by atoms with E-state index < -0.39 is 10.9 Å². The smallest absolute Gasteiger partial charge is 0.330 e. The molecule has 0 aliphatic rings. The van der Waals surface area contributed by atoms with E-state index in [0.29, 0.717) is 11.3 Å². The summed E-state index contributed by atoms with van der Waals surface area (Å²) in [6, 6.07) is 7.67. The summed E-state index contributed by atoms with van der Waals surface area (Å²) in [5.41, 5.74) is 0.270. The van der Waals surface area contributed by atoms with E-state index in [4.69, 9.17) is 4.74 Å². The van der Waals surface area contributed by atoms with Crippen LogP contribution in [-0.2, 0) is 9.53 Å². The Kier molecular flexibility index (Phi) is 4.81. The molecule has 0 saturated carbocycles. The van der Waals surface area contributed by atoms with E-state index in [1.807, 2.05) is 0 Å². The second kappa shape index (κ2) is 6.98. The van der Waals surface area contributed by atoms with Crippen LogP contribution >= 0.6 is 0 Å². The third kappa shape index (κ3) is 3.89. The zero-order valence-corrected chi connectivity index (χ0v) is 11.6. The van der Waals surface area contributed by atoms with Gasteiger partial charge in [0.1, 0.15) is 5.75 Å². The van der Waals surface area contributed by atoms with Gasteiger partial charge in [-0.1, -0.05) is 6.07 Å². The third-order valence-electron chi connectivity index (χ3n) is 2.65. The molecular formula is C15H12N2O5. The van der Waals surface area contributed by atoms with Gasteiger partial charge in [0.25, 0.3) is 0 Å². The molecule has 22 heavy (non-hydrogen) atoms. The lowest BCUT2D eigenvalue weighted by molar-refractivity contribution is -0.385. The average Bonchev–Trinajstić information content (AvgIpc) is 2.54. The van der Waals surface area contributed by atoms with Crippen molar-refractivity contribution in [3.63, 3.8) is 0 Å². The highest BCUT2D eigenvalue weighted by molar-refractivity contribution is 5.87. The number of hydrogen-bond acceptors (Lipinski definition) is 6. The number of nitro groups is 1. The van der Waals surface area contributed by atoms with Crippen LogP contribution in [0.25, 0.3) is 6.08 Å². The summed E-state index contributed by atoms with van der Waals surface area (Å²) in [4.78, 5) is 25.5. The van der Waals surface area contributed by atoms with Gasteiger partial charge in [-0.25, -0.2) is 4.79 Å². The van der Waals surface area contributed by atoms with E-state index in [1.165, 1.54) is 37.6 Å². The van der Waals surface area contributed by atoms with Gasteiger partial charge < -0.3 is 9.47 Å². The largest absolute Gasteiger partial charge is 0.466 e. The van der Waals surface area contributed by atoms with E-state index in [2.05, 4.69) is 9.72 Å². The molecule has 0 radical (unpaired) electrons. The van der Waals surface area contributed by atoms with Crippen molar-refractivity contribution in [3.05, 3.63) is 64.5 Å². The van der Waals surface area contributed by atoms with Crippen LogP contribution in [0.2, 0.25) is 0 Å². The zero-order valence-electron chi connectivity index (χ0n) is 11.6. The highest BCUT2D eigenvalue weighted by Crippen LogP contribution is 2.32. The molecule has 0 unspecified atom stereocenters. The molecule has 0 aliphatic carbocycles. The predicted octanol–water partition coefficient (Wildman–Crippen LogP) is 2.97. The van der Waals surface area contributed by atoms with Gasteiger partial charge in [0.05, 0.1) is 18.2 Å². The normalized spacial score (nSPS) is 10.4. The molecule has 0 spiro atoms. The Hall–Kier alpha value is -3.22. The number of carbonyl (C=O) groups excluding carboxylic acids is 1. The number of benzene rings is 1. The SMILES string of the molecule is COC(=O)C=Cc1ccc(Oc2cccnc2)c([N+](=O)[O-])c1. The van der Waals surface area contributed by atoms with Gasteiger partial charge in [-0.2, -0.15) is 0 Å². The van der Waals surface area contributed by atoms with E-state index >= 15 is 0 Å². The molecule has 0 atom stereocenters. The molecule has 1 aromatic carbocycles. The van der Waals surface area contributed by atoms with Crippen molar-refractivity contribution < 1.29 is 19.2 Å². The van der Waals surface area contributed by atoms with Crippen molar-refractivity contribution in [2.24, 2.45) is 0 Å². The fraction of sp³-hybridized carbons (Fsp3) is 0.0667. The minimum absolute atomic E-state index is 0.0909. The van der Waals surface area contributed by atoms with Crippen molar-refractivity contribution in [2.45, 2.75) is 0 Å². The maximum Gasteiger partial charge on any atom is 0.330 e. The fourth-order valence-corrected chi connectivity index (χ4v) is 1.63. The minimum Gasteiger partial charge on any atom is -0.466 e. The van der Waals surface area contributed by atoms with Crippen molar-refractivity contribution >= 4 is 17.7 Å². The van der Waals surface area contributed by atoms with Crippen LogP contribution in [-0.4, -0.2) is 23.0 Å². The van der Waals surface area contributed by atoms with Crippen LogP contribution < -0.4 is 4.74 Å². The molecule has 2 aromatic rings. The summed E-state index contributed by atoms with van der Waals surface area (Å²) in [6.07, 6.45) is 5.63. The summed E-state index contributed by atoms with van der Waals surface area (Å²) in [5, 5.41) is 11.2. The molecule has 1 heterocycles. The van der Waals surface area contributed by atoms with Gasteiger partial charge in [0, 0.05) is 18.3 Å². The molecule has 0 saturated heterocycles. The zero-order chi connectivity index (χ0) is 15.9. The van der Waals surface area contributed by atoms with Crippen LogP contribution in [0.15, 0.2) is 48.8 Å². The van der Waals surface area contributed by atoms with E-state index in [0.717, 1.165) is 0 Å². The Labute approximate surface area is 126 Å². The van der Waals surface area contributed by atoms with Crippen LogP contribution in [0.3, 0.4) is 0 Å². The van der Waals surface area contributed by atoms with Crippen LogP contribution in [0.4, 0.5) is 5.69 Å². The van der Waals surface area contributed by atoms with Gasteiger partial charge in [-0.05, 0) is 29.8 Å². The molecule has 1 aromatic heterocycles. The lowest BCUT2D eigenvalue weighted by Crippen LogP contribution is -1.95. The highest BCUT2D eigenvalue weighted by Gasteiger charge is 2.16. The number of pyridine rings is 1. The Morgan fingerprint density at radius 3 is 2.82 bits per heavy atom. The van der Waals surface area contributed by atoms with Crippen molar-refractivity contribution in [2.75, 3.05) is 7.11 Å². The number of methoxy groups -OCH3 is 1. The van der Waals surface area contributed by atoms with Crippen LogP contribution in [0, 0.1) is 10.1 Å². The number of nitrogens with zero attached hydrogens (tertiary/aromatic N) is 2. The first-order chi connectivity index (χ1) is 10.6. The standard InChI is InChI=1S/C15H12N2O5/c1-21-15(18)7-5-11-4-6-14(13(9-11)17(19)20)22-12-3-2-8-16-10-12/h2-10H,1H3. The maximum absolute atomic E-state index is 11.2. The number of ether oxygens (including phenoxy) is 2. The number of nitro benzene ring substituents is 1. The van der Waals surface area contributed by atoms with Gasteiger partial charge in [-0.3, -0.25) is 15.1 Å². The molecule has 0 N–H and O–H groups in total. The van der Waals surface area contributed by atoms with Crippen molar-refractivity contribution in [3.8, 4) is 11.5 Å². The summed E-state index contributed by atoms with van der Waals surface area (Å²) in [5.74, 6) is -0.0602. The third-order valence-corrected chi connectivity index (χ3v) is 2.65. The topological polar surface area (TPSA) is 91.6 Å². The van der Waals surface area contributed by atoms with Crippen LogP contribution in [0.1, 0.15) is 5.56 Å².